The van der Waals surface area contributed by atoms with E-state index in [2.05, 4.69) is 15.1 Å². The first-order valence-corrected chi connectivity index (χ1v) is 12.8. The molecule has 0 saturated carbocycles. The number of nitrogens with zero attached hydrogens (tertiary/aromatic N) is 4. The number of carbonyl (C=O) groups excluding carboxylic acids is 2. The van der Waals surface area contributed by atoms with Gasteiger partial charge in [0, 0.05) is 49.5 Å². The number of benzene rings is 2. The summed E-state index contributed by atoms with van der Waals surface area (Å²) in [5, 5.41) is 7.90. The highest BCUT2D eigenvalue weighted by Gasteiger charge is 2.44. The van der Waals surface area contributed by atoms with E-state index in [0.717, 1.165) is 29.5 Å². The Labute approximate surface area is 206 Å². The number of H-pyrrole nitrogens is 1. The molecule has 5 rings (SSSR count). The fraction of sp³-hybridized carbons (Fsp3) is 0.360. The van der Waals surface area contributed by atoms with Gasteiger partial charge in [-0.15, -0.1) is 0 Å². The van der Waals surface area contributed by atoms with Crippen LogP contribution in [0.4, 0.5) is 14.9 Å². The van der Waals surface area contributed by atoms with Crippen molar-refractivity contribution in [1.29, 1.82) is 0 Å². The zero-order chi connectivity index (χ0) is 24.5. The maximum Gasteiger partial charge on any atom is 0.332 e. The van der Waals surface area contributed by atoms with Gasteiger partial charge in [0.2, 0.25) is 0 Å². The van der Waals surface area contributed by atoms with Gasteiger partial charge >= 0.3 is 6.03 Å². The van der Waals surface area contributed by atoms with Crippen LogP contribution < -0.4 is 10.5 Å². The van der Waals surface area contributed by atoms with E-state index in [9.17, 15) is 18.8 Å². The van der Waals surface area contributed by atoms with Crippen molar-refractivity contribution >= 4 is 40.2 Å². The Bertz CT molecular complexity index is 1340. The zero-order valence-corrected chi connectivity index (χ0v) is 20.2. The lowest BCUT2D eigenvalue weighted by atomic mass is 10.0. The number of rotatable bonds is 6. The van der Waals surface area contributed by atoms with Gasteiger partial charge in [-0.1, -0.05) is 24.3 Å². The molecule has 1 atom stereocenters. The third-order valence-electron chi connectivity index (χ3n) is 6.64. The minimum absolute atomic E-state index is 0.0602. The van der Waals surface area contributed by atoms with E-state index >= 15 is 0 Å². The molecule has 10 heteroatoms. The molecule has 1 aromatic heterocycles. The summed E-state index contributed by atoms with van der Waals surface area (Å²) in [6.07, 6.45) is 0.299. The highest BCUT2D eigenvalue weighted by molar-refractivity contribution is 7.99. The molecule has 2 aromatic carbocycles. The first-order valence-electron chi connectivity index (χ1n) is 11.6. The highest BCUT2D eigenvalue weighted by Crippen LogP contribution is 2.29. The Morgan fingerprint density at radius 3 is 2.57 bits per heavy atom. The van der Waals surface area contributed by atoms with E-state index < -0.39 is 23.8 Å². The Balaban J connectivity index is 1.39. The molecular formula is C25H26FN5O3S. The number of carbonyl (C=O) groups is 2. The van der Waals surface area contributed by atoms with Crippen molar-refractivity contribution in [1.82, 2.24) is 20.0 Å². The van der Waals surface area contributed by atoms with Gasteiger partial charge in [0.25, 0.3) is 11.5 Å². The standard InChI is InChI=1S/C25H26FN5O3S/c1-16-24(33)31(25(34)30(16)9-8-29-10-12-35-13-11-29)22-15-17(6-7-20(22)26)14-21-18-4-2-3-5-19(18)23(32)28-27-21/h2-7,15-16H,8-14H2,1H3,(H,28,32). The van der Waals surface area contributed by atoms with Gasteiger partial charge in [0.1, 0.15) is 11.9 Å². The molecule has 0 spiro atoms. The normalized spacial score (nSPS) is 19.2. The fourth-order valence-corrected chi connectivity index (χ4v) is 5.61. The maximum absolute atomic E-state index is 14.9. The van der Waals surface area contributed by atoms with E-state index in [-0.39, 0.29) is 11.2 Å². The summed E-state index contributed by atoms with van der Waals surface area (Å²) in [4.78, 5) is 43.1. The molecule has 1 N–H and O–H groups in total. The molecule has 2 aliphatic rings. The van der Waals surface area contributed by atoms with Crippen LogP contribution in [-0.2, 0) is 11.2 Å². The first-order chi connectivity index (χ1) is 16.9. The number of aromatic amines is 1. The number of imide groups is 1. The molecule has 8 nitrogen and oxygen atoms in total. The van der Waals surface area contributed by atoms with Crippen LogP contribution >= 0.6 is 11.8 Å². The molecule has 3 amide bonds. The Morgan fingerprint density at radius 1 is 1.06 bits per heavy atom. The number of thioether (sulfide) groups is 1. The minimum Gasteiger partial charge on any atom is -0.311 e. The third kappa shape index (κ3) is 4.55. The average Bonchev–Trinajstić information content (AvgIpc) is 3.09. The number of hydrogen-bond acceptors (Lipinski definition) is 6. The number of nitrogens with one attached hydrogen (secondary N) is 1. The van der Waals surface area contributed by atoms with Crippen molar-refractivity contribution in [3.63, 3.8) is 0 Å². The summed E-state index contributed by atoms with van der Waals surface area (Å²) in [5.41, 5.74) is 0.944. The molecule has 3 aromatic rings. The van der Waals surface area contributed by atoms with Crippen molar-refractivity contribution in [2.75, 3.05) is 42.6 Å². The van der Waals surface area contributed by atoms with E-state index in [1.807, 2.05) is 23.9 Å². The number of fused-ring (bicyclic) bond motifs is 1. The second kappa shape index (κ2) is 9.79. The van der Waals surface area contributed by atoms with Crippen LogP contribution in [0.25, 0.3) is 10.8 Å². The maximum atomic E-state index is 14.9. The van der Waals surface area contributed by atoms with Crippen LogP contribution in [0.2, 0.25) is 0 Å². The second-order valence-corrected chi connectivity index (χ2v) is 10.0. The van der Waals surface area contributed by atoms with E-state index in [1.165, 1.54) is 17.0 Å². The highest BCUT2D eigenvalue weighted by atomic mass is 32.2. The van der Waals surface area contributed by atoms with E-state index in [1.54, 1.807) is 25.1 Å². The summed E-state index contributed by atoms with van der Waals surface area (Å²) in [7, 11) is 0. The molecular weight excluding hydrogens is 469 g/mol. The number of halogens is 1. The van der Waals surface area contributed by atoms with Gasteiger partial charge in [0.15, 0.2) is 0 Å². The minimum atomic E-state index is -0.658. The zero-order valence-electron chi connectivity index (χ0n) is 19.4. The smallest absolute Gasteiger partial charge is 0.311 e. The van der Waals surface area contributed by atoms with Crippen LogP contribution in [-0.4, -0.2) is 75.7 Å². The second-order valence-electron chi connectivity index (χ2n) is 8.79. The van der Waals surface area contributed by atoms with Gasteiger partial charge in [0.05, 0.1) is 16.8 Å². The molecule has 1 unspecified atom stereocenters. The first kappa shape index (κ1) is 23.5. The lowest BCUT2D eigenvalue weighted by molar-refractivity contribution is -0.119. The van der Waals surface area contributed by atoms with Crippen LogP contribution in [0.3, 0.4) is 0 Å². The lowest BCUT2D eigenvalue weighted by Crippen LogP contribution is -2.42. The molecule has 182 valence electrons. The Kier molecular flexibility index (Phi) is 6.57. The quantitative estimate of drug-likeness (QED) is 0.529. The Morgan fingerprint density at radius 2 is 1.80 bits per heavy atom. The number of anilines is 1. The third-order valence-corrected chi connectivity index (χ3v) is 7.58. The van der Waals surface area contributed by atoms with E-state index in [0.29, 0.717) is 41.5 Å². The van der Waals surface area contributed by atoms with Crippen LogP contribution in [0.1, 0.15) is 18.2 Å². The number of amides is 3. The summed E-state index contributed by atoms with van der Waals surface area (Å²) in [6, 6.07) is 10.3. The SMILES string of the molecule is CC1C(=O)N(c2cc(Cc3n[nH]c(=O)c4ccccc34)ccc2F)C(=O)N1CCN1CCSCC1. The van der Waals surface area contributed by atoms with Crippen molar-refractivity contribution in [2.24, 2.45) is 0 Å². The Hall–Kier alpha value is -3.24. The van der Waals surface area contributed by atoms with Gasteiger partial charge < -0.3 is 4.90 Å². The predicted octanol–water partition coefficient (Wildman–Crippen LogP) is 2.86. The molecule has 0 radical (unpaired) electrons. The largest absolute Gasteiger partial charge is 0.332 e. The summed E-state index contributed by atoms with van der Waals surface area (Å²) in [5.74, 6) is 1.04. The molecule has 2 aliphatic heterocycles. The van der Waals surface area contributed by atoms with Crippen molar-refractivity contribution < 1.29 is 14.0 Å². The molecule has 2 fully saturated rings. The fourth-order valence-electron chi connectivity index (χ4n) is 4.63. The van der Waals surface area contributed by atoms with Crippen LogP contribution in [0.5, 0.6) is 0 Å². The van der Waals surface area contributed by atoms with Crippen molar-refractivity contribution in [2.45, 2.75) is 19.4 Å². The predicted molar refractivity (Wildman–Crippen MR) is 134 cm³/mol. The lowest BCUT2D eigenvalue weighted by Gasteiger charge is -2.28. The topological polar surface area (TPSA) is 89.6 Å². The van der Waals surface area contributed by atoms with Gasteiger partial charge in [-0.05, 0) is 30.7 Å². The van der Waals surface area contributed by atoms with Crippen molar-refractivity contribution in [3.8, 4) is 0 Å². The molecule has 35 heavy (non-hydrogen) atoms. The summed E-state index contributed by atoms with van der Waals surface area (Å²) >= 11 is 1.91. The monoisotopic (exact) mass is 495 g/mol. The number of urea groups is 1. The molecule has 0 bridgehead atoms. The van der Waals surface area contributed by atoms with Gasteiger partial charge in [-0.25, -0.2) is 19.2 Å². The van der Waals surface area contributed by atoms with Gasteiger partial charge in [-0.3, -0.25) is 14.5 Å². The number of hydrogen-bond donors (Lipinski definition) is 1. The molecule has 3 heterocycles. The van der Waals surface area contributed by atoms with Crippen molar-refractivity contribution in [3.05, 3.63) is 69.9 Å². The van der Waals surface area contributed by atoms with E-state index in [4.69, 9.17) is 0 Å². The average molecular weight is 496 g/mol. The van der Waals surface area contributed by atoms with Gasteiger partial charge in [-0.2, -0.15) is 16.9 Å². The number of aromatic nitrogens is 2. The molecule has 2 saturated heterocycles. The summed E-state index contributed by atoms with van der Waals surface area (Å²) in [6.45, 7) is 4.71. The molecule has 0 aliphatic carbocycles. The van der Waals surface area contributed by atoms with Crippen LogP contribution in [0.15, 0.2) is 47.3 Å². The van der Waals surface area contributed by atoms with Crippen LogP contribution in [0, 0.1) is 5.82 Å². The summed E-state index contributed by atoms with van der Waals surface area (Å²) < 4.78 is 14.9.